The summed E-state index contributed by atoms with van der Waals surface area (Å²) in [5, 5.41) is 0.607. The van der Waals surface area contributed by atoms with Gasteiger partial charge in [0.2, 0.25) is 10.0 Å². The highest BCUT2D eigenvalue weighted by Crippen LogP contribution is 2.24. The van der Waals surface area contributed by atoms with E-state index in [1.807, 2.05) is 23.1 Å². The summed E-state index contributed by atoms with van der Waals surface area (Å²) in [6.45, 7) is 1.35. The van der Waals surface area contributed by atoms with Gasteiger partial charge in [-0.2, -0.15) is 4.31 Å². The number of halogens is 3. The first-order valence-electron chi connectivity index (χ1n) is 7.33. The zero-order chi connectivity index (χ0) is 17.3. The SMILES string of the molecule is O=S(=O)(c1ccc(F)cc1F)N1CCN(c2cccc(Cl)c2)CC1. The first kappa shape index (κ1) is 17.1. The molecule has 0 aliphatic carbocycles. The number of piperazine rings is 1. The van der Waals surface area contributed by atoms with E-state index in [0.29, 0.717) is 24.2 Å². The van der Waals surface area contributed by atoms with Crippen molar-refractivity contribution >= 4 is 27.3 Å². The van der Waals surface area contributed by atoms with Gasteiger partial charge in [-0.3, -0.25) is 0 Å². The molecular formula is C16H15ClF2N2O2S. The maximum atomic E-state index is 13.8. The Balaban J connectivity index is 1.76. The van der Waals surface area contributed by atoms with Gasteiger partial charge in [0.25, 0.3) is 0 Å². The second-order valence-corrected chi connectivity index (χ2v) is 7.79. The van der Waals surface area contributed by atoms with Gasteiger partial charge < -0.3 is 4.90 Å². The largest absolute Gasteiger partial charge is 0.369 e. The Hall–Kier alpha value is -1.70. The van der Waals surface area contributed by atoms with E-state index in [2.05, 4.69) is 0 Å². The van der Waals surface area contributed by atoms with Crippen LogP contribution in [0.3, 0.4) is 0 Å². The Morgan fingerprint density at radius 3 is 2.29 bits per heavy atom. The Labute approximate surface area is 144 Å². The van der Waals surface area contributed by atoms with Crippen molar-refractivity contribution in [1.29, 1.82) is 0 Å². The van der Waals surface area contributed by atoms with E-state index in [-0.39, 0.29) is 13.1 Å². The van der Waals surface area contributed by atoms with Crippen LogP contribution < -0.4 is 4.90 Å². The van der Waals surface area contributed by atoms with Crippen LogP contribution in [0.15, 0.2) is 47.4 Å². The van der Waals surface area contributed by atoms with Crippen LogP contribution in [0.4, 0.5) is 14.5 Å². The maximum Gasteiger partial charge on any atom is 0.246 e. The van der Waals surface area contributed by atoms with Gasteiger partial charge in [0.1, 0.15) is 16.5 Å². The fraction of sp³-hybridized carbons (Fsp3) is 0.250. The molecule has 0 aromatic heterocycles. The minimum Gasteiger partial charge on any atom is -0.369 e. The van der Waals surface area contributed by atoms with E-state index >= 15 is 0 Å². The summed E-state index contributed by atoms with van der Waals surface area (Å²) in [4.78, 5) is 1.51. The summed E-state index contributed by atoms with van der Waals surface area (Å²) in [5.41, 5.74) is 0.910. The third-order valence-corrected chi connectivity index (χ3v) is 6.09. The molecule has 0 bridgehead atoms. The van der Waals surface area contributed by atoms with Crippen molar-refractivity contribution in [3.8, 4) is 0 Å². The number of benzene rings is 2. The highest BCUT2D eigenvalue weighted by Gasteiger charge is 2.30. The van der Waals surface area contributed by atoms with Crippen LogP contribution in [0.25, 0.3) is 0 Å². The topological polar surface area (TPSA) is 40.6 Å². The van der Waals surface area contributed by atoms with E-state index in [4.69, 9.17) is 11.6 Å². The van der Waals surface area contributed by atoms with E-state index < -0.39 is 26.6 Å². The molecule has 0 amide bonds. The van der Waals surface area contributed by atoms with Crippen LogP contribution in [0.5, 0.6) is 0 Å². The first-order valence-corrected chi connectivity index (χ1v) is 9.15. The van der Waals surface area contributed by atoms with E-state index in [0.717, 1.165) is 17.8 Å². The van der Waals surface area contributed by atoms with Crippen molar-refractivity contribution < 1.29 is 17.2 Å². The molecule has 24 heavy (non-hydrogen) atoms. The second kappa shape index (κ2) is 6.66. The highest BCUT2D eigenvalue weighted by atomic mass is 35.5. The normalized spacial score (nSPS) is 16.4. The zero-order valence-electron chi connectivity index (χ0n) is 12.6. The summed E-state index contributed by atoms with van der Waals surface area (Å²) in [6.07, 6.45) is 0. The van der Waals surface area contributed by atoms with Gasteiger partial charge in [-0.15, -0.1) is 0 Å². The molecule has 0 spiro atoms. The van der Waals surface area contributed by atoms with Gasteiger partial charge in [-0.1, -0.05) is 17.7 Å². The molecule has 1 heterocycles. The maximum absolute atomic E-state index is 13.8. The lowest BCUT2D eigenvalue weighted by atomic mass is 10.2. The summed E-state index contributed by atoms with van der Waals surface area (Å²) in [5.74, 6) is -1.88. The molecule has 128 valence electrons. The predicted molar refractivity (Wildman–Crippen MR) is 88.8 cm³/mol. The molecule has 1 fully saturated rings. The Kier molecular flexibility index (Phi) is 4.76. The molecule has 1 aliphatic rings. The van der Waals surface area contributed by atoms with E-state index in [1.54, 1.807) is 6.07 Å². The Bertz CT molecular complexity index is 853. The lowest BCUT2D eigenvalue weighted by Gasteiger charge is -2.35. The number of sulfonamides is 1. The van der Waals surface area contributed by atoms with Gasteiger partial charge in [-0.05, 0) is 30.3 Å². The fourth-order valence-electron chi connectivity index (χ4n) is 2.68. The third-order valence-electron chi connectivity index (χ3n) is 3.92. The fourth-order valence-corrected chi connectivity index (χ4v) is 4.34. The third kappa shape index (κ3) is 3.38. The number of anilines is 1. The van der Waals surface area contributed by atoms with Gasteiger partial charge in [0, 0.05) is 43.0 Å². The lowest BCUT2D eigenvalue weighted by molar-refractivity contribution is 0.382. The monoisotopic (exact) mass is 372 g/mol. The van der Waals surface area contributed by atoms with Crippen molar-refractivity contribution in [2.45, 2.75) is 4.90 Å². The van der Waals surface area contributed by atoms with Crippen molar-refractivity contribution in [3.05, 3.63) is 59.1 Å². The predicted octanol–water partition coefficient (Wildman–Crippen LogP) is 3.13. The molecule has 2 aromatic rings. The van der Waals surface area contributed by atoms with Crippen LogP contribution in [0.2, 0.25) is 5.02 Å². The van der Waals surface area contributed by atoms with Crippen LogP contribution in [-0.4, -0.2) is 38.9 Å². The molecular weight excluding hydrogens is 358 g/mol. The van der Waals surface area contributed by atoms with Gasteiger partial charge in [0.15, 0.2) is 0 Å². The van der Waals surface area contributed by atoms with Gasteiger partial charge in [0.05, 0.1) is 0 Å². The van der Waals surface area contributed by atoms with E-state index in [9.17, 15) is 17.2 Å². The quantitative estimate of drug-likeness (QED) is 0.831. The molecule has 1 aliphatic heterocycles. The van der Waals surface area contributed by atoms with Crippen molar-refractivity contribution in [3.63, 3.8) is 0 Å². The Morgan fingerprint density at radius 1 is 0.958 bits per heavy atom. The second-order valence-electron chi connectivity index (χ2n) is 5.45. The van der Waals surface area contributed by atoms with Gasteiger partial charge in [-0.25, -0.2) is 17.2 Å². The molecule has 0 N–H and O–H groups in total. The standard InChI is InChI=1S/C16H15ClF2N2O2S/c17-12-2-1-3-14(10-12)20-6-8-21(9-7-20)24(22,23)16-5-4-13(18)11-15(16)19/h1-5,10-11H,6-9H2. The average Bonchev–Trinajstić information content (AvgIpc) is 2.54. The highest BCUT2D eigenvalue weighted by molar-refractivity contribution is 7.89. The first-order chi connectivity index (χ1) is 11.4. The number of rotatable bonds is 3. The van der Waals surface area contributed by atoms with Crippen molar-refractivity contribution in [2.75, 3.05) is 31.1 Å². The van der Waals surface area contributed by atoms with Crippen LogP contribution in [0, 0.1) is 11.6 Å². The van der Waals surface area contributed by atoms with Crippen molar-refractivity contribution in [1.82, 2.24) is 4.31 Å². The van der Waals surface area contributed by atoms with Crippen LogP contribution in [-0.2, 0) is 10.0 Å². The molecule has 0 atom stereocenters. The molecule has 8 heteroatoms. The zero-order valence-corrected chi connectivity index (χ0v) is 14.2. The molecule has 1 saturated heterocycles. The lowest BCUT2D eigenvalue weighted by Crippen LogP contribution is -2.48. The summed E-state index contributed by atoms with van der Waals surface area (Å²) in [7, 11) is -3.98. The number of hydrogen-bond acceptors (Lipinski definition) is 3. The van der Waals surface area contributed by atoms with E-state index in [1.165, 1.54) is 4.31 Å². The molecule has 0 saturated carbocycles. The minimum atomic E-state index is -3.98. The van der Waals surface area contributed by atoms with Crippen LogP contribution in [0.1, 0.15) is 0 Å². The van der Waals surface area contributed by atoms with Crippen LogP contribution >= 0.6 is 11.6 Å². The average molecular weight is 373 g/mol. The minimum absolute atomic E-state index is 0.214. The molecule has 2 aromatic carbocycles. The molecule has 0 unspecified atom stereocenters. The smallest absolute Gasteiger partial charge is 0.246 e. The number of nitrogens with zero attached hydrogens (tertiary/aromatic N) is 2. The summed E-state index contributed by atoms with van der Waals surface area (Å²) >= 11 is 5.97. The molecule has 3 rings (SSSR count). The Morgan fingerprint density at radius 2 is 1.67 bits per heavy atom. The van der Waals surface area contributed by atoms with Crippen molar-refractivity contribution in [2.24, 2.45) is 0 Å². The summed E-state index contributed by atoms with van der Waals surface area (Å²) < 4.78 is 53.1. The van der Waals surface area contributed by atoms with Gasteiger partial charge >= 0.3 is 0 Å². The number of hydrogen-bond donors (Lipinski definition) is 0. The molecule has 4 nitrogen and oxygen atoms in total. The molecule has 0 radical (unpaired) electrons. The summed E-state index contributed by atoms with van der Waals surface area (Å²) in [6, 6.07) is 9.79.